The van der Waals surface area contributed by atoms with Crippen LogP contribution in [0.2, 0.25) is 0 Å². The number of benzene rings is 1. The standard InChI is InChI=1S/C14H20O3/c1-10-5-6-13(11(2)15)14(8-10)17-9-12-4-3-7-16-12/h5-6,8,11-12,15H,3-4,7,9H2,1-2H3/t11-,12?/m0/s1. The summed E-state index contributed by atoms with van der Waals surface area (Å²) >= 11 is 0. The number of aliphatic hydroxyl groups is 1. The van der Waals surface area contributed by atoms with Gasteiger partial charge in [0, 0.05) is 12.2 Å². The SMILES string of the molecule is Cc1ccc([C@H](C)O)c(OCC2CCCO2)c1. The Balaban J connectivity index is 2.04. The molecule has 2 atom stereocenters. The molecule has 0 amide bonds. The molecule has 94 valence electrons. The van der Waals surface area contributed by atoms with Crippen molar-refractivity contribution in [2.75, 3.05) is 13.2 Å². The van der Waals surface area contributed by atoms with E-state index in [2.05, 4.69) is 0 Å². The maximum atomic E-state index is 9.68. The predicted molar refractivity (Wildman–Crippen MR) is 66.3 cm³/mol. The molecular formula is C14H20O3. The van der Waals surface area contributed by atoms with Gasteiger partial charge >= 0.3 is 0 Å². The van der Waals surface area contributed by atoms with E-state index in [0.29, 0.717) is 6.61 Å². The Kier molecular flexibility index (Phi) is 4.02. The summed E-state index contributed by atoms with van der Waals surface area (Å²) in [5, 5.41) is 9.68. The quantitative estimate of drug-likeness (QED) is 0.873. The largest absolute Gasteiger partial charge is 0.490 e. The molecule has 0 aliphatic carbocycles. The zero-order chi connectivity index (χ0) is 12.3. The van der Waals surface area contributed by atoms with Gasteiger partial charge < -0.3 is 14.6 Å². The van der Waals surface area contributed by atoms with Crippen LogP contribution in [0.5, 0.6) is 5.75 Å². The van der Waals surface area contributed by atoms with Crippen molar-refractivity contribution in [3.63, 3.8) is 0 Å². The lowest BCUT2D eigenvalue weighted by molar-refractivity contribution is 0.0664. The van der Waals surface area contributed by atoms with E-state index in [1.807, 2.05) is 25.1 Å². The molecular weight excluding hydrogens is 216 g/mol. The van der Waals surface area contributed by atoms with E-state index in [1.54, 1.807) is 6.92 Å². The fraction of sp³-hybridized carbons (Fsp3) is 0.571. The van der Waals surface area contributed by atoms with Crippen molar-refractivity contribution in [1.82, 2.24) is 0 Å². The molecule has 1 fully saturated rings. The highest BCUT2D eigenvalue weighted by Crippen LogP contribution is 2.27. The van der Waals surface area contributed by atoms with Crippen LogP contribution in [-0.4, -0.2) is 24.4 Å². The van der Waals surface area contributed by atoms with Gasteiger partial charge in [-0.1, -0.05) is 12.1 Å². The van der Waals surface area contributed by atoms with E-state index in [0.717, 1.165) is 36.3 Å². The molecule has 1 unspecified atom stereocenters. The first-order valence-corrected chi connectivity index (χ1v) is 6.20. The molecule has 1 N–H and O–H groups in total. The average Bonchev–Trinajstić information content (AvgIpc) is 2.78. The van der Waals surface area contributed by atoms with Crippen molar-refractivity contribution < 1.29 is 14.6 Å². The summed E-state index contributed by atoms with van der Waals surface area (Å²) in [5.74, 6) is 0.774. The zero-order valence-corrected chi connectivity index (χ0v) is 10.5. The first kappa shape index (κ1) is 12.4. The summed E-state index contributed by atoms with van der Waals surface area (Å²) in [5.41, 5.74) is 1.98. The van der Waals surface area contributed by atoms with Gasteiger partial charge in [0.15, 0.2) is 0 Å². The van der Waals surface area contributed by atoms with Crippen molar-refractivity contribution in [1.29, 1.82) is 0 Å². The molecule has 1 aliphatic rings. The van der Waals surface area contributed by atoms with Crippen LogP contribution in [-0.2, 0) is 4.74 Å². The number of aryl methyl sites for hydroxylation is 1. The molecule has 1 saturated heterocycles. The number of rotatable bonds is 4. The van der Waals surface area contributed by atoms with Crippen LogP contribution >= 0.6 is 0 Å². The molecule has 3 heteroatoms. The molecule has 0 aromatic heterocycles. The third-order valence-electron chi connectivity index (χ3n) is 3.07. The van der Waals surface area contributed by atoms with Gasteiger partial charge in [0.1, 0.15) is 12.4 Å². The van der Waals surface area contributed by atoms with E-state index < -0.39 is 6.10 Å². The summed E-state index contributed by atoms with van der Waals surface area (Å²) in [4.78, 5) is 0. The highest BCUT2D eigenvalue weighted by atomic mass is 16.5. The fourth-order valence-electron chi connectivity index (χ4n) is 2.07. The van der Waals surface area contributed by atoms with Crippen LogP contribution in [0.4, 0.5) is 0 Å². The van der Waals surface area contributed by atoms with Crippen LogP contribution in [0, 0.1) is 6.92 Å². The third-order valence-corrected chi connectivity index (χ3v) is 3.07. The Bertz CT molecular complexity index is 368. The van der Waals surface area contributed by atoms with Crippen LogP contribution in [0.1, 0.15) is 37.0 Å². The molecule has 17 heavy (non-hydrogen) atoms. The smallest absolute Gasteiger partial charge is 0.125 e. The summed E-state index contributed by atoms with van der Waals surface area (Å²) in [6.45, 7) is 5.18. The molecule has 1 aromatic carbocycles. The monoisotopic (exact) mass is 236 g/mol. The molecule has 0 spiro atoms. The Hall–Kier alpha value is -1.06. The minimum Gasteiger partial charge on any atom is -0.490 e. The highest BCUT2D eigenvalue weighted by Gasteiger charge is 2.17. The van der Waals surface area contributed by atoms with E-state index >= 15 is 0 Å². The number of hydrogen-bond acceptors (Lipinski definition) is 3. The van der Waals surface area contributed by atoms with Gasteiger partial charge in [-0.05, 0) is 38.3 Å². The highest BCUT2D eigenvalue weighted by molar-refractivity contribution is 5.38. The van der Waals surface area contributed by atoms with Gasteiger partial charge in [-0.3, -0.25) is 0 Å². The van der Waals surface area contributed by atoms with Crippen molar-refractivity contribution >= 4 is 0 Å². The van der Waals surface area contributed by atoms with Gasteiger partial charge in [-0.2, -0.15) is 0 Å². The predicted octanol–water partition coefficient (Wildman–Crippen LogP) is 2.61. The average molecular weight is 236 g/mol. The van der Waals surface area contributed by atoms with Crippen molar-refractivity contribution in [3.05, 3.63) is 29.3 Å². The van der Waals surface area contributed by atoms with Crippen LogP contribution in [0.3, 0.4) is 0 Å². The van der Waals surface area contributed by atoms with Gasteiger partial charge in [-0.25, -0.2) is 0 Å². The van der Waals surface area contributed by atoms with E-state index in [4.69, 9.17) is 9.47 Å². The fourth-order valence-corrected chi connectivity index (χ4v) is 2.07. The van der Waals surface area contributed by atoms with Gasteiger partial charge in [0.25, 0.3) is 0 Å². The minimum atomic E-state index is -0.505. The van der Waals surface area contributed by atoms with Crippen LogP contribution in [0.15, 0.2) is 18.2 Å². The lowest BCUT2D eigenvalue weighted by Gasteiger charge is -2.16. The van der Waals surface area contributed by atoms with Gasteiger partial charge in [-0.15, -0.1) is 0 Å². The Morgan fingerprint density at radius 3 is 3.00 bits per heavy atom. The number of ether oxygens (including phenoxy) is 2. The summed E-state index contributed by atoms with van der Waals surface area (Å²) in [6, 6.07) is 5.88. The number of hydrogen-bond donors (Lipinski definition) is 1. The van der Waals surface area contributed by atoms with E-state index in [1.165, 1.54) is 0 Å². The summed E-state index contributed by atoms with van der Waals surface area (Å²) in [7, 11) is 0. The van der Waals surface area contributed by atoms with Gasteiger partial charge in [0.05, 0.1) is 12.2 Å². The van der Waals surface area contributed by atoms with Crippen molar-refractivity contribution in [2.24, 2.45) is 0 Å². The second kappa shape index (κ2) is 5.52. The lowest BCUT2D eigenvalue weighted by Crippen LogP contribution is -2.17. The number of aliphatic hydroxyl groups excluding tert-OH is 1. The molecule has 1 aliphatic heterocycles. The van der Waals surface area contributed by atoms with Crippen molar-refractivity contribution in [3.8, 4) is 5.75 Å². The maximum absolute atomic E-state index is 9.68. The molecule has 1 heterocycles. The van der Waals surface area contributed by atoms with Crippen LogP contribution in [0.25, 0.3) is 0 Å². The second-order valence-electron chi connectivity index (χ2n) is 4.66. The maximum Gasteiger partial charge on any atom is 0.125 e. The van der Waals surface area contributed by atoms with E-state index in [-0.39, 0.29) is 6.10 Å². The molecule has 0 saturated carbocycles. The van der Waals surface area contributed by atoms with Crippen molar-refractivity contribution in [2.45, 2.75) is 38.9 Å². The second-order valence-corrected chi connectivity index (χ2v) is 4.66. The lowest BCUT2D eigenvalue weighted by atomic mass is 10.1. The molecule has 3 nitrogen and oxygen atoms in total. The first-order chi connectivity index (χ1) is 8.16. The topological polar surface area (TPSA) is 38.7 Å². The Labute approximate surface area is 102 Å². The van der Waals surface area contributed by atoms with Crippen LogP contribution < -0.4 is 4.74 Å². The normalized spacial score (nSPS) is 21.5. The summed E-state index contributed by atoms with van der Waals surface area (Å²) < 4.78 is 11.3. The molecule has 0 bridgehead atoms. The molecule has 0 radical (unpaired) electrons. The van der Waals surface area contributed by atoms with Gasteiger partial charge in [0.2, 0.25) is 0 Å². The van der Waals surface area contributed by atoms with E-state index in [9.17, 15) is 5.11 Å². The molecule has 1 aromatic rings. The summed E-state index contributed by atoms with van der Waals surface area (Å²) in [6.07, 6.45) is 1.88. The molecule has 2 rings (SSSR count). The minimum absolute atomic E-state index is 0.206. The third kappa shape index (κ3) is 3.20. The first-order valence-electron chi connectivity index (χ1n) is 6.20. The zero-order valence-electron chi connectivity index (χ0n) is 10.5. The Morgan fingerprint density at radius 2 is 2.35 bits per heavy atom. The Morgan fingerprint density at radius 1 is 1.53 bits per heavy atom.